The first kappa shape index (κ1) is 10.2. The molecule has 0 saturated carbocycles. The van der Waals surface area contributed by atoms with Gasteiger partial charge >= 0.3 is 5.97 Å². The van der Waals surface area contributed by atoms with Crippen molar-refractivity contribution in [2.24, 2.45) is 0 Å². The van der Waals surface area contributed by atoms with Crippen LogP contribution in [0.4, 0.5) is 0 Å². The number of rotatable bonds is 3. The maximum atomic E-state index is 10.6. The molecule has 0 aromatic carbocycles. The van der Waals surface area contributed by atoms with E-state index in [1.807, 2.05) is 25.9 Å². The fourth-order valence-corrected chi connectivity index (χ4v) is 2.20. The van der Waals surface area contributed by atoms with Gasteiger partial charge in [0, 0.05) is 11.4 Å². The van der Waals surface area contributed by atoms with Crippen molar-refractivity contribution in [3.05, 3.63) is 21.4 Å². The average Bonchev–Trinajstić information content (AvgIpc) is 2.31. The lowest BCUT2D eigenvalue weighted by atomic mass is 10.2. The maximum absolute atomic E-state index is 10.6. The molecule has 0 aliphatic carbocycles. The number of thiophene rings is 1. The van der Waals surface area contributed by atoms with Crippen LogP contribution in [0.25, 0.3) is 0 Å². The summed E-state index contributed by atoms with van der Waals surface area (Å²) in [5.41, 5.74) is 1.07. The van der Waals surface area contributed by atoms with Crippen LogP contribution in [0.1, 0.15) is 20.1 Å². The van der Waals surface area contributed by atoms with Crippen LogP contribution in [-0.4, -0.2) is 30.1 Å². The summed E-state index contributed by atoms with van der Waals surface area (Å²) in [4.78, 5) is 14.2. The molecule has 0 saturated heterocycles. The van der Waals surface area contributed by atoms with Crippen molar-refractivity contribution in [2.45, 2.75) is 13.5 Å². The number of hydrogen-bond acceptors (Lipinski definition) is 3. The number of hydrogen-bond donors (Lipinski definition) is 1. The van der Waals surface area contributed by atoms with E-state index in [4.69, 9.17) is 5.11 Å². The van der Waals surface area contributed by atoms with E-state index in [2.05, 4.69) is 0 Å². The van der Waals surface area contributed by atoms with E-state index in [-0.39, 0.29) is 0 Å². The summed E-state index contributed by atoms with van der Waals surface area (Å²) >= 11 is 1.35. The minimum atomic E-state index is -0.835. The fraction of sp³-hybridized carbons (Fsp3) is 0.444. The molecule has 0 atom stereocenters. The van der Waals surface area contributed by atoms with E-state index in [1.165, 1.54) is 11.3 Å². The van der Waals surface area contributed by atoms with Crippen molar-refractivity contribution in [1.82, 2.24) is 4.90 Å². The third-order valence-corrected chi connectivity index (χ3v) is 2.90. The van der Waals surface area contributed by atoms with Crippen molar-refractivity contribution in [3.8, 4) is 0 Å². The van der Waals surface area contributed by atoms with Crippen molar-refractivity contribution in [3.63, 3.8) is 0 Å². The largest absolute Gasteiger partial charge is 0.477 e. The smallest absolute Gasteiger partial charge is 0.345 e. The van der Waals surface area contributed by atoms with Crippen LogP contribution in [-0.2, 0) is 6.54 Å². The fourth-order valence-electron chi connectivity index (χ4n) is 1.07. The summed E-state index contributed by atoms with van der Waals surface area (Å²) in [6.45, 7) is 2.76. The van der Waals surface area contributed by atoms with Gasteiger partial charge in [0.05, 0.1) is 0 Å². The van der Waals surface area contributed by atoms with Crippen LogP contribution in [0, 0.1) is 6.92 Å². The predicted octanol–water partition coefficient (Wildman–Crippen LogP) is 1.82. The molecule has 1 aromatic heterocycles. The average molecular weight is 199 g/mol. The summed E-state index contributed by atoms with van der Waals surface area (Å²) in [7, 11) is 3.94. The number of carboxylic acid groups (broad SMARTS) is 1. The Morgan fingerprint density at radius 1 is 1.62 bits per heavy atom. The third-order valence-electron chi connectivity index (χ3n) is 1.69. The van der Waals surface area contributed by atoms with Crippen molar-refractivity contribution in [2.75, 3.05) is 14.1 Å². The molecule has 1 heterocycles. The second-order valence-corrected chi connectivity index (χ2v) is 4.40. The lowest BCUT2D eigenvalue weighted by Crippen LogP contribution is -2.09. The quantitative estimate of drug-likeness (QED) is 0.807. The molecule has 13 heavy (non-hydrogen) atoms. The standard InChI is InChI=1S/C9H13NO2S/c1-6-4-7(9(11)12)13-8(6)5-10(2)3/h4H,5H2,1-3H3,(H,11,12). The van der Waals surface area contributed by atoms with Gasteiger partial charge in [0.1, 0.15) is 4.88 Å². The van der Waals surface area contributed by atoms with Gasteiger partial charge in [-0.2, -0.15) is 0 Å². The Balaban J connectivity index is 2.90. The maximum Gasteiger partial charge on any atom is 0.345 e. The second kappa shape index (κ2) is 3.89. The van der Waals surface area contributed by atoms with E-state index in [9.17, 15) is 4.79 Å². The summed E-state index contributed by atoms with van der Waals surface area (Å²) < 4.78 is 0. The molecule has 0 aliphatic heterocycles. The van der Waals surface area contributed by atoms with Gasteiger partial charge < -0.3 is 10.0 Å². The molecule has 4 heteroatoms. The van der Waals surface area contributed by atoms with Crippen LogP contribution >= 0.6 is 11.3 Å². The molecule has 0 amide bonds. The highest BCUT2D eigenvalue weighted by Crippen LogP contribution is 2.22. The normalized spacial score (nSPS) is 10.8. The molecule has 1 aromatic rings. The summed E-state index contributed by atoms with van der Waals surface area (Å²) in [5, 5.41) is 8.75. The Kier molecular flexibility index (Phi) is 3.06. The van der Waals surface area contributed by atoms with Gasteiger partial charge in [-0.05, 0) is 32.6 Å². The zero-order valence-electron chi connectivity index (χ0n) is 8.00. The highest BCUT2D eigenvalue weighted by Gasteiger charge is 2.10. The van der Waals surface area contributed by atoms with Crippen LogP contribution in [0.5, 0.6) is 0 Å². The van der Waals surface area contributed by atoms with Gasteiger partial charge in [-0.3, -0.25) is 0 Å². The number of carbonyl (C=O) groups is 1. The summed E-state index contributed by atoms with van der Waals surface area (Å²) in [6, 6.07) is 1.73. The van der Waals surface area contributed by atoms with E-state index in [0.29, 0.717) is 4.88 Å². The van der Waals surface area contributed by atoms with E-state index >= 15 is 0 Å². The predicted molar refractivity (Wildman–Crippen MR) is 53.4 cm³/mol. The molecule has 0 spiro atoms. The molecule has 0 aliphatic rings. The van der Waals surface area contributed by atoms with Crippen LogP contribution in [0.15, 0.2) is 6.07 Å². The lowest BCUT2D eigenvalue weighted by molar-refractivity contribution is 0.0702. The Morgan fingerprint density at radius 2 is 2.23 bits per heavy atom. The number of aromatic carboxylic acids is 1. The van der Waals surface area contributed by atoms with Crippen molar-refractivity contribution >= 4 is 17.3 Å². The van der Waals surface area contributed by atoms with Crippen LogP contribution in [0.2, 0.25) is 0 Å². The highest BCUT2D eigenvalue weighted by atomic mass is 32.1. The van der Waals surface area contributed by atoms with Gasteiger partial charge in [-0.15, -0.1) is 11.3 Å². The SMILES string of the molecule is Cc1cc(C(=O)O)sc1CN(C)C. The molecule has 0 fully saturated rings. The Bertz CT molecular complexity index is 317. The first-order valence-corrected chi connectivity index (χ1v) is 4.79. The molecule has 3 nitrogen and oxygen atoms in total. The van der Waals surface area contributed by atoms with Gasteiger partial charge in [-0.25, -0.2) is 4.79 Å². The molecular formula is C9H13NO2S. The Hall–Kier alpha value is -0.870. The molecule has 0 bridgehead atoms. The first-order chi connectivity index (χ1) is 6.00. The number of carboxylic acids is 1. The first-order valence-electron chi connectivity index (χ1n) is 3.98. The van der Waals surface area contributed by atoms with Gasteiger partial charge in [0.15, 0.2) is 0 Å². The molecule has 72 valence electrons. The van der Waals surface area contributed by atoms with E-state index in [0.717, 1.165) is 17.0 Å². The molecular weight excluding hydrogens is 186 g/mol. The minimum absolute atomic E-state index is 0.425. The third kappa shape index (κ3) is 2.54. The molecule has 1 rings (SSSR count). The lowest BCUT2D eigenvalue weighted by Gasteiger charge is -2.07. The second-order valence-electron chi connectivity index (χ2n) is 3.26. The van der Waals surface area contributed by atoms with Gasteiger partial charge in [-0.1, -0.05) is 0 Å². The zero-order chi connectivity index (χ0) is 10.0. The summed E-state index contributed by atoms with van der Waals surface area (Å²) in [6.07, 6.45) is 0. The van der Waals surface area contributed by atoms with Crippen LogP contribution < -0.4 is 0 Å². The van der Waals surface area contributed by atoms with E-state index < -0.39 is 5.97 Å². The number of nitrogens with zero attached hydrogens (tertiary/aromatic N) is 1. The zero-order valence-corrected chi connectivity index (χ0v) is 8.81. The van der Waals surface area contributed by atoms with Gasteiger partial charge in [0.25, 0.3) is 0 Å². The minimum Gasteiger partial charge on any atom is -0.477 e. The van der Waals surface area contributed by atoms with Crippen LogP contribution in [0.3, 0.4) is 0 Å². The Morgan fingerprint density at radius 3 is 2.62 bits per heavy atom. The van der Waals surface area contributed by atoms with E-state index in [1.54, 1.807) is 6.07 Å². The Labute approximate surface area is 81.6 Å². The molecule has 0 unspecified atom stereocenters. The topological polar surface area (TPSA) is 40.5 Å². The number of aryl methyl sites for hydroxylation is 1. The molecule has 1 N–H and O–H groups in total. The highest BCUT2D eigenvalue weighted by molar-refractivity contribution is 7.14. The van der Waals surface area contributed by atoms with Gasteiger partial charge in [0.2, 0.25) is 0 Å². The van der Waals surface area contributed by atoms with Crippen molar-refractivity contribution < 1.29 is 9.90 Å². The monoisotopic (exact) mass is 199 g/mol. The van der Waals surface area contributed by atoms with Crippen molar-refractivity contribution in [1.29, 1.82) is 0 Å². The molecule has 0 radical (unpaired) electrons. The summed E-state index contributed by atoms with van der Waals surface area (Å²) in [5.74, 6) is -0.835.